The Morgan fingerprint density at radius 2 is 1.88 bits per heavy atom. The van der Waals surface area contributed by atoms with Crippen LogP contribution >= 0.6 is 23.2 Å². The van der Waals surface area contributed by atoms with Gasteiger partial charge in [0.2, 0.25) is 0 Å². The van der Waals surface area contributed by atoms with E-state index in [1.807, 2.05) is 0 Å². The molecule has 0 fully saturated rings. The van der Waals surface area contributed by atoms with Crippen LogP contribution in [-0.2, 0) is 17.1 Å². The average Bonchev–Trinajstić information content (AvgIpc) is 2.77. The highest BCUT2D eigenvalue weighted by molar-refractivity contribution is 7.92. The molecular weight excluding hydrogens is 375 g/mol. The summed E-state index contributed by atoms with van der Waals surface area (Å²) in [4.78, 5) is 11.4. The molecule has 0 aliphatic carbocycles. The lowest BCUT2D eigenvalue weighted by Crippen LogP contribution is -2.14. The number of rotatable bonds is 3. The van der Waals surface area contributed by atoms with Gasteiger partial charge in [0, 0.05) is 18.1 Å². The van der Waals surface area contributed by atoms with Gasteiger partial charge < -0.3 is 4.42 Å². The Hall–Kier alpha value is -1.96. The van der Waals surface area contributed by atoms with Gasteiger partial charge in [-0.3, -0.25) is 9.29 Å². The van der Waals surface area contributed by atoms with Gasteiger partial charge in [0.25, 0.3) is 10.0 Å². The van der Waals surface area contributed by atoms with Crippen molar-refractivity contribution in [3.63, 3.8) is 0 Å². The number of hydrogen-bond donors (Lipinski definition) is 1. The van der Waals surface area contributed by atoms with E-state index in [1.165, 1.54) is 29.8 Å². The van der Waals surface area contributed by atoms with Crippen LogP contribution in [0.15, 0.2) is 44.4 Å². The molecule has 3 aromatic rings. The van der Waals surface area contributed by atoms with Crippen molar-refractivity contribution < 1.29 is 12.8 Å². The molecule has 2 aromatic carbocycles. The van der Waals surface area contributed by atoms with Crippen molar-refractivity contribution in [2.45, 2.75) is 11.8 Å². The number of halogens is 2. The predicted molar refractivity (Wildman–Crippen MR) is 93.5 cm³/mol. The summed E-state index contributed by atoms with van der Waals surface area (Å²) in [6, 6.07) is 7.46. The molecule has 9 heteroatoms. The lowest BCUT2D eigenvalue weighted by atomic mass is 10.2. The number of hydrogen-bond acceptors (Lipinski definition) is 4. The highest BCUT2D eigenvalue weighted by atomic mass is 35.5. The second-order valence-corrected chi connectivity index (χ2v) is 7.74. The van der Waals surface area contributed by atoms with E-state index in [1.54, 1.807) is 19.1 Å². The van der Waals surface area contributed by atoms with Crippen molar-refractivity contribution in [1.29, 1.82) is 0 Å². The summed E-state index contributed by atoms with van der Waals surface area (Å²) >= 11 is 12.0. The summed E-state index contributed by atoms with van der Waals surface area (Å²) in [5, 5.41) is 0.375. The van der Waals surface area contributed by atoms with Crippen LogP contribution < -0.4 is 10.5 Å². The first-order valence-corrected chi connectivity index (χ1v) is 9.01. The standard InChI is InChI=1S/C15H12Cl2N2O4S/c1-8-3-4-9(16)5-11(8)18-24(21,22)14-7-13-12(6-10(14)17)19(2)15(20)23-13/h3-7,18H,1-2H3. The minimum atomic E-state index is -3.99. The third kappa shape index (κ3) is 2.90. The maximum Gasteiger partial charge on any atom is 0.419 e. The van der Waals surface area contributed by atoms with Crippen LogP contribution in [0.25, 0.3) is 11.1 Å². The number of aryl methyl sites for hydroxylation is 2. The van der Waals surface area contributed by atoms with Crippen molar-refractivity contribution in [1.82, 2.24) is 4.57 Å². The summed E-state index contributed by atoms with van der Waals surface area (Å²) in [5.74, 6) is -0.603. The largest absolute Gasteiger partial charge is 0.419 e. The zero-order chi connectivity index (χ0) is 17.6. The summed E-state index contributed by atoms with van der Waals surface area (Å²) in [5.41, 5.74) is 1.58. The van der Waals surface area contributed by atoms with E-state index in [9.17, 15) is 13.2 Å². The smallest absolute Gasteiger partial charge is 0.408 e. The van der Waals surface area contributed by atoms with Gasteiger partial charge in [-0.15, -0.1) is 0 Å². The average molecular weight is 387 g/mol. The quantitative estimate of drug-likeness (QED) is 0.745. The first-order valence-electron chi connectivity index (χ1n) is 6.77. The molecule has 0 aliphatic rings. The van der Waals surface area contributed by atoms with Crippen LogP contribution in [0.3, 0.4) is 0 Å². The zero-order valence-electron chi connectivity index (χ0n) is 12.6. The van der Waals surface area contributed by atoms with Crippen LogP contribution in [0, 0.1) is 6.92 Å². The van der Waals surface area contributed by atoms with Gasteiger partial charge in [0.1, 0.15) is 4.90 Å². The third-order valence-corrected chi connectivity index (χ3v) is 5.64. The van der Waals surface area contributed by atoms with E-state index in [-0.39, 0.29) is 15.5 Å². The Morgan fingerprint density at radius 3 is 2.58 bits per heavy atom. The Bertz CT molecular complexity index is 1120. The molecule has 1 aromatic heterocycles. The summed E-state index contributed by atoms with van der Waals surface area (Å²) in [6.07, 6.45) is 0. The van der Waals surface area contributed by atoms with Crippen LogP contribution in [0.5, 0.6) is 0 Å². The van der Waals surface area contributed by atoms with Crippen molar-refractivity contribution in [3.8, 4) is 0 Å². The maximum atomic E-state index is 12.7. The molecule has 1 N–H and O–H groups in total. The van der Waals surface area contributed by atoms with Crippen LogP contribution in [0.2, 0.25) is 10.0 Å². The van der Waals surface area contributed by atoms with Crippen molar-refractivity contribution in [2.75, 3.05) is 4.72 Å². The van der Waals surface area contributed by atoms with Gasteiger partial charge in [-0.05, 0) is 30.7 Å². The predicted octanol–water partition coefficient (Wildman–Crippen LogP) is 3.55. The fourth-order valence-electron chi connectivity index (χ4n) is 2.24. The number of nitrogens with zero attached hydrogens (tertiary/aromatic N) is 1. The van der Waals surface area contributed by atoms with Crippen LogP contribution in [0.4, 0.5) is 5.69 Å². The van der Waals surface area contributed by atoms with Gasteiger partial charge in [-0.2, -0.15) is 0 Å². The SMILES string of the molecule is Cc1ccc(Cl)cc1NS(=O)(=O)c1cc2oc(=O)n(C)c2cc1Cl. The van der Waals surface area contributed by atoms with Gasteiger partial charge >= 0.3 is 5.76 Å². The van der Waals surface area contributed by atoms with Crippen LogP contribution in [-0.4, -0.2) is 13.0 Å². The number of oxazole rings is 1. The lowest BCUT2D eigenvalue weighted by molar-refractivity contribution is 0.527. The fraction of sp³-hybridized carbons (Fsp3) is 0.133. The van der Waals surface area contributed by atoms with E-state index in [4.69, 9.17) is 27.6 Å². The molecule has 0 amide bonds. The first-order chi connectivity index (χ1) is 11.2. The molecule has 0 unspecified atom stereocenters. The van der Waals surface area contributed by atoms with Gasteiger partial charge in [-0.1, -0.05) is 29.3 Å². The molecule has 0 saturated heterocycles. The first kappa shape index (κ1) is 16.9. The molecule has 126 valence electrons. The van der Waals surface area contributed by atoms with E-state index < -0.39 is 15.8 Å². The van der Waals surface area contributed by atoms with Crippen molar-refractivity contribution in [2.24, 2.45) is 7.05 Å². The number of fused-ring (bicyclic) bond motifs is 1. The molecule has 0 spiro atoms. The molecule has 1 heterocycles. The highest BCUT2D eigenvalue weighted by Crippen LogP contribution is 2.30. The van der Waals surface area contributed by atoms with E-state index >= 15 is 0 Å². The molecule has 0 atom stereocenters. The Balaban J connectivity index is 2.13. The topological polar surface area (TPSA) is 81.3 Å². The summed E-state index contributed by atoms with van der Waals surface area (Å²) < 4.78 is 34.0. The normalized spacial score (nSPS) is 11.8. The van der Waals surface area contributed by atoms with E-state index in [2.05, 4.69) is 4.72 Å². The number of anilines is 1. The second kappa shape index (κ2) is 5.84. The summed E-state index contributed by atoms with van der Waals surface area (Å²) in [6.45, 7) is 1.75. The zero-order valence-corrected chi connectivity index (χ0v) is 15.0. The molecule has 0 radical (unpaired) electrons. The number of nitrogens with one attached hydrogen (secondary N) is 1. The molecular formula is C15H12Cl2N2O4S. The van der Waals surface area contributed by atoms with E-state index in [0.717, 1.165) is 0 Å². The maximum absolute atomic E-state index is 12.7. The van der Waals surface area contributed by atoms with Crippen LogP contribution in [0.1, 0.15) is 5.56 Å². The molecule has 24 heavy (non-hydrogen) atoms. The number of aromatic nitrogens is 1. The molecule has 0 aliphatic heterocycles. The molecule has 0 bridgehead atoms. The fourth-order valence-corrected chi connectivity index (χ4v) is 4.07. The van der Waals surface area contributed by atoms with Gasteiger partial charge in [0.15, 0.2) is 5.58 Å². The molecule has 3 rings (SSSR count). The molecule has 6 nitrogen and oxygen atoms in total. The van der Waals surface area contributed by atoms with Gasteiger partial charge in [-0.25, -0.2) is 13.2 Å². The minimum absolute atomic E-state index is 0.0221. The summed E-state index contributed by atoms with van der Waals surface area (Å²) in [7, 11) is -2.48. The second-order valence-electron chi connectivity index (χ2n) is 5.24. The number of benzene rings is 2. The van der Waals surface area contributed by atoms with Crippen molar-refractivity contribution in [3.05, 3.63) is 56.5 Å². The Kier molecular flexibility index (Phi) is 4.11. The van der Waals surface area contributed by atoms with Gasteiger partial charge in [0.05, 0.1) is 16.2 Å². The highest BCUT2D eigenvalue weighted by Gasteiger charge is 2.22. The lowest BCUT2D eigenvalue weighted by Gasteiger charge is -2.12. The Morgan fingerprint density at radius 1 is 1.17 bits per heavy atom. The Labute approximate surface area is 147 Å². The van der Waals surface area contributed by atoms with Crippen molar-refractivity contribution >= 4 is 50.0 Å². The number of sulfonamides is 1. The third-order valence-electron chi connectivity index (χ3n) is 3.58. The van der Waals surface area contributed by atoms with E-state index in [0.29, 0.717) is 21.8 Å². The minimum Gasteiger partial charge on any atom is -0.408 e. The molecule has 0 saturated carbocycles. The monoisotopic (exact) mass is 386 g/mol.